The first-order chi connectivity index (χ1) is 4.70. The van der Waals surface area contributed by atoms with Crippen LogP contribution in [0.15, 0.2) is 17.3 Å². The van der Waals surface area contributed by atoms with Gasteiger partial charge in [0.2, 0.25) is 0 Å². The zero-order chi connectivity index (χ0) is 7.56. The van der Waals surface area contributed by atoms with Crippen molar-refractivity contribution in [3.8, 4) is 0 Å². The average Bonchev–Trinajstić information content (AvgIpc) is 2.63. The Bertz CT molecular complexity index is 189. The molecule has 1 aliphatic rings. The van der Waals surface area contributed by atoms with E-state index in [1.165, 1.54) is 6.21 Å². The van der Waals surface area contributed by atoms with Gasteiger partial charge in [-0.2, -0.15) is 0 Å². The monoisotopic (exact) mass is 137 g/mol. The van der Waals surface area contributed by atoms with Gasteiger partial charge in [0.25, 0.3) is 0 Å². The maximum atomic E-state index is 7.30. The lowest BCUT2D eigenvalue weighted by Gasteiger charge is -1.90. The van der Waals surface area contributed by atoms with Crippen molar-refractivity contribution in [2.24, 2.45) is 16.6 Å². The largest absolute Gasteiger partial charge is 0.398 e. The Morgan fingerprint density at radius 3 is 2.70 bits per heavy atom. The van der Waals surface area contributed by atoms with Crippen molar-refractivity contribution in [2.75, 3.05) is 0 Å². The number of rotatable bonds is 2. The van der Waals surface area contributed by atoms with Crippen molar-refractivity contribution in [1.82, 2.24) is 0 Å². The summed E-state index contributed by atoms with van der Waals surface area (Å²) in [6.07, 6.45) is 3.64. The van der Waals surface area contributed by atoms with Crippen LogP contribution in [0, 0.1) is 11.3 Å². The zero-order valence-electron chi connectivity index (χ0n) is 5.80. The lowest BCUT2D eigenvalue weighted by atomic mass is 10.4. The van der Waals surface area contributed by atoms with Gasteiger partial charge in [-0.15, -0.1) is 0 Å². The smallest absolute Gasteiger partial charge is 0.123 e. The maximum Gasteiger partial charge on any atom is 0.123 e. The summed E-state index contributed by atoms with van der Waals surface area (Å²) >= 11 is 0. The SMILES string of the molecule is C=C(N)C=NC(=N)C1CC1. The molecule has 3 nitrogen and oxygen atoms in total. The molecule has 0 heterocycles. The first-order valence-corrected chi connectivity index (χ1v) is 3.27. The molecule has 1 aliphatic carbocycles. The lowest BCUT2D eigenvalue weighted by Crippen LogP contribution is -2.00. The van der Waals surface area contributed by atoms with Crippen LogP contribution >= 0.6 is 0 Å². The number of nitrogens with one attached hydrogen (secondary N) is 1. The molecule has 0 unspecified atom stereocenters. The number of amidine groups is 1. The van der Waals surface area contributed by atoms with Crippen LogP contribution in [0.4, 0.5) is 0 Å². The maximum absolute atomic E-state index is 7.30. The van der Waals surface area contributed by atoms with Crippen LogP contribution in [0.3, 0.4) is 0 Å². The molecule has 0 aromatic heterocycles. The van der Waals surface area contributed by atoms with Gasteiger partial charge in [-0.25, -0.2) is 4.99 Å². The molecule has 0 bridgehead atoms. The Kier molecular flexibility index (Phi) is 1.85. The van der Waals surface area contributed by atoms with Crippen LogP contribution in [-0.2, 0) is 0 Å². The Balaban J connectivity index is 2.36. The van der Waals surface area contributed by atoms with E-state index in [-0.39, 0.29) is 0 Å². The van der Waals surface area contributed by atoms with Crippen LogP contribution in [0.1, 0.15) is 12.8 Å². The number of aliphatic imine (C=N–C) groups is 1. The Morgan fingerprint density at radius 1 is 1.70 bits per heavy atom. The molecule has 0 aliphatic heterocycles. The quantitative estimate of drug-likeness (QED) is 0.431. The summed E-state index contributed by atoms with van der Waals surface area (Å²) < 4.78 is 0. The molecule has 3 heteroatoms. The first kappa shape index (κ1) is 6.99. The highest BCUT2D eigenvalue weighted by Crippen LogP contribution is 2.30. The third-order valence-electron chi connectivity index (χ3n) is 1.33. The number of hydrogen-bond acceptors (Lipinski definition) is 2. The number of nitrogens with zero attached hydrogens (tertiary/aromatic N) is 1. The molecule has 1 saturated carbocycles. The molecule has 0 amide bonds. The van der Waals surface area contributed by atoms with Crippen molar-refractivity contribution in [1.29, 1.82) is 5.41 Å². The van der Waals surface area contributed by atoms with Gasteiger partial charge in [0.15, 0.2) is 0 Å². The van der Waals surface area contributed by atoms with Crippen LogP contribution in [0.25, 0.3) is 0 Å². The summed E-state index contributed by atoms with van der Waals surface area (Å²) in [4.78, 5) is 3.82. The molecule has 10 heavy (non-hydrogen) atoms. The van der Waals surface area contributed by atoms with Crippen LogP contribution in [0.2, 0.25) is 0 Å². The minimum absolute atomic E-state index is 0.399. The standard InChI is InChI=1S/C7H11N3/c1-5(8)4-10-7(9)6-2-3-6/h4,6,9H,1-3,8H2. The van der Waals surface area contributed by atoms with Gasteiger partial charge in [-0.1, -0.05) is 6.58 Å². The highest BCUT2D eigenvalue weighted by molar-refractivity contribution is 5.94. The van der Waals surface area contributed by atoms with E-state index in [1.807, 2.05) is 0 Å². The Hall–Kier alpha value is -1.12. The second-order valence-corrected chi connectivity index (χ2v) is 2.49. The minimum Gasteiger partial charge on any atom is -0.398 e. The molecule has 0 saturated heterocycles. The predicted molar refractivity (Wildman–Crippen MR) is 42.3 cm³/mol. The van der Waals surface area contributed by atoms with E-state index >= 15 is 0 Å². The summed E-state index contributed by atoms with van der Waals surface area (Å²) in [5.74, 6) is 0.835. The Morgan fingerprint density at radius 2 is 2.30 bits per heavy atom. The summed E-state index contributed by atoms with van der Waals surface area (Å²) in [6.45, 7) is 3.44. The summed E-state index contributed by atoms with van der Waals surface area (Å²) in [7, 11) is 0. The fourth-order valence-electron chi connectivity index (χ4n) is 0.615. The molecule has 1 fully saturated rings. The summed E-state index contributed by atoms with van der Waals surface area (Å²) in [6, 6.07) is 0. The van der Waals surface area contributed by atoms with Crippen LogP contribution in [-0.4, -0.2) is 12.1 Å². The minimum atomic E-state index is 0.399. The van der Waals surface area contributed by atoms with E-state index in [0.717, 1.165) is 12.8 Å². The Labute approximate surface area is 60.2 Å². The van der Waals surface area contributed by atoms with Crippen molar-refractivity contribution in [3.63, 3.8) is 0 Å². The molecular weight excluding hydrogens is 126 g/mol. The first-order valence-electron chi connectivity index (χ1n) is 3.27. The molecule has 3 N–H and O–H groups in total. The van der Waals surface area contributed by atoms with E-state index in [4.69, 9.17) is 11.1 Å². The highest BCUT2D eigenvalue weighted by Gasteiger charge is 2.25. The summed E-state index contributed by atoms with van der Waals surface area (Å²) in [5.41, 5.74) is 5.63. The normalized spacial score (nSPS) is 17.6. The molecule has 1 rings (SSSR count). The van der Waals surface area contributed by atoms with E-state index in [0.29, 0.717) is 17.5 Å². The molecule has 0 aromatic carbocycles. The van der Waals surface area contributed by atoms with Gasteiger partial charge in [-0.3, -0.25) is 5.41 Å². The fourth-order valence-corrected chi connectivity index (χ4v) is 0.615. The van der Waals surface area contributed by atoms with Crippen molar-refractivity contribution in [2.45, 2.75) is 12.8 Å². The van der Waals surface area contributed by atoms with E-state index in [9.17, 15) is 0 Å². The predicted octanol–water partition coefficient (Wildman–Crippen LogP) is 0.917. The molecule has 54 valence electrons. The summed E-state index contributed by atoms with van der Waals surface area (Å²) in [5, 5.41) is 7.30. The average molecular weight is 137 g/mol. The van der Waals surface area contributed by atoms with Crippen molar-refractivity contribution >= 4 is 12.1 Å². The molecular formula is C7H11N3. The van der Waals surface area contributed by atoms with Gasteiger partial charge >= 0.3 is 0 Å². The van der Waals surface area contributed by atoms with Crippen LogP contribution in [0.5, 0.6) is 0 Å². The van der Waals surface area contributed by atoms with E-state index in [1.54, 1.807) is 0 Å². The van der Waals surface area contributed by atoms with Gasteiger partial charge in [0.1, 0.15) is 5.84 Å². The zero-order valence-corrected chi connectivity index (χ0v) is 5.80. The molecule has 0 atom stereocenters. The lowest BCUT2D eigenvalue weighted by molar-refractivity contribution is 1.13. The second kappa shape index (κ2) is 2.64. The third kappa shape index (κ3) is 2.01. The second-order valence-electron chi connectivity index (χ2n) is 2.49. The van der Waals surface area contributed by atoms with E-state index < -0.39 is 0 Å². The number of hydrogen-bond donors (Lipinski definition) is 2. The van der Waals surface area contributed by atoms with E-state index in [2.05, 4.69) is 11.6 Å². The van der Waals surface area contributed by atoms with Crippen molar-refractivity contribution < 1.29 is 0 Å². The van der Waals surface area contributed by atoms with Crippen molar-refractivity contribution in [3.05, 3.63) is 12.3 Å². The molecule has 0 aromatic rings. The van der Waals surface area contributed by atoms with Crippen LogP contribution < -0.4 is 5.73 Å². The van der Waals surface area contributed by atoms with Gasteiger partial charge in [-0.05, 0) is 12.8 Å². The topological polar surface area (TPSA) is 62.2 Å². The van der Waals surface area contributed by atoms with Gasteiger partial charge in [0, 0.05) is 11.6 Å². The fraction of sp³-hybridized carbons (Fsp3) is 0.429. The molecule has 0 spiro atoms. The third-order valence-corrected chi connectivity index (χ3v) is 1.33. The molecule has 0 radical (unpaired) electrons. The number of allylic oxidation sites excluding steroid dienone is 1. The number of nitrogens with two attached hydrogens (primary N) is 1. The van der Waals surface area contributed by atoms with Gasteiger partial charge < -0.3 is 5.73 Å². The highest BCUT2D eigenvalue weighted by atomic mass is 14.8. The van der Waals surface area contributed by atoms with Gasteiger partial charge in [0.05, 0.1) is 6.21 Å².